The van der Waals surface area contributed by atoms with Gasteiger partial charge in [-0.25, -0.2) is 4.72 Å². The number of carboxylic acids is 1. The standard InChI is InChI=1S/C9H18N2O4S/c1-7-5-3-4-6-9(7,8(12)13)11-16(14,15)10-2/h7,10-11H,3-6H2,1-2H3,(H,12,13). The van der Waals surface area contributed by atoms with Crippen molar-refractivity contribution in [2.75, 3.05) is 7.05 Å². The SMILES string of the molecule is CNS(=O)(=O)NC1(C(=O)O)CCCCC1C. The van der Waals surface area contributed by atoms with E-state index in [4.69, 9.17) is 0 Å². The zero-order valence-corrected chi connectivity index (χ0v) is 10.3. The van der Waals surface area contributed by atoms with E-state index in [0.717, 1.165) is 19.3 Å². The Morgan fingerprint density at radius 1 is 1.44 bits per heavy atom. The lowest BCUT2D eigenvalue weighted by Gasteiger charge is -2.38. The second kappa shape index (κ2) is 4.68. The predicted molar refractivity (Wildman–Crippen MR) is 59.1 cm³/mol. The summed E-state index contributed by atoms with van der Waals surface area (Å²) in [5.74, 6) is -1.31. The molecule has 1 aliphatic carbocycles. The Kier molecular flexibility index (Phi) is 3.92. The van der Waals surface area contributed by atoms with Crippen molar-refractivity contribution in [2.45, 2.75) is 38.1 Å². The van der Waals surface area contributed by atoms with Crippen LogP contribution in [-0.4, -0.2) is 32.1 Å². The number of carbonyl (C=O) groups is 1. The minimum atomic E-state index is -3.74. The average Bonchev–Trinajstić information content (AvgIpc) is 2.21. The number of aliphatic carboxylic acids is 1. The molecule has 0 heterocycles. The summed E-state index contributed by atoms with van der Waals surface area (Å²) in [6.45, 7) is 1.77. The van der Waals surface area contributed by atoms with Gasteiger partial charge < -0.3 is 5.11 Å². The van der Waals surface area contributed by atoms with Crippen LogP contribution in [0.15, 0.2) is 0 Å². The van der Waals surface area contributed by atoms with Crippen LogP contribution in [0, 0.1) is 5.92 Å². The third-order valence-electron chi connectivity index (χ3n) is 3.27. The fourth-order valence-corrected chi connectivity index (χ4v) is 3.12. The zero-order valence-electron chi connectivity index (χ0n) is 9.49. The molecule has 0 radical (unpaired) electrons. The van der Waals surface area contributed by atoms with Crippen LogP contribution in [-0.2, 0) is 15.0 Å². The summed E-state index contributed by atoms with van der Waals surface area (Å²) in [7, 11) is -2.48. The number of nitrogens with one attached hydrogen (secondary N) is 2. The highest BCUT2D eigenvalue weighted by molar-refractivity contribution is 7.87. The fourth-order valence-electron chi connectivity index (χ4n) is 2.15. The molecule has 0 aromatic rings. The molecular formula is C9H18N2O4S. The largest absolute Gasteiger partial charge is 0.480 e. The first kappa shape index (κ1) is 13.4. The molecule has 0 spiro atoms. The van der Waals surface area contributed by atoms with Crippen LogP contribution in [0.25, 0.3) is 0 Å². The Labute approximate surface area is 95.6 Å². The van der Waals surface area contributed by atoms with Gasteiger partial charge in [-0.1, -0.05) is 19.8 Å². The van der Waals surface area contributed by atoms with Crippen molar-refractivity contribution in [3.63, 3.8) is 0 Å². The van der Waals surface area contributed by atoms with Crippen LogP contribution in [0.4, 0.5) is 0 Å². The van der Waals surface area contributed by atoms with Gasteiger partial charge in [0, 0.05) is 7.05 Å². The molecule has 1 saturated carbocycles. The number of hydrogen-bond acceptors (Lipinski definition) is 3. The number of rotatable bonds is 4. The van der Waals surface area contributed by atoms with Gasteiger partial charge in [-0.15, -0.1) is 0 Å². The Morgan fingerprint density at radius 2 is 2.06 bits per heavy atom. The van der Waals surface area contributed by atoms with Gasteiger partial charge in [0.05, 0.1) is 0 Å². The van der Waals surface area contributed by atoms with E-state index in [9.17, 15) is 18.3 Å². The van der Waals surface area contributed by atoms with E-state index in [2.05, 4.69) is 9.44 Å². The van der Waals surface area contributed by atoms with Gasteiger partial charge in [0.1, 0.15) is 5.54 Å². The average molecular weight is 250 g/mol. The van der Waals surface area contributed by atoms with Crippen molar-refractivity contribution in [3.05, 3.63) is 0 Å². The lowest BCUT2D eigenvalue weighted by Crippen LogP contribution is -2.61. The molecule has 94 valence electrons. The zero-order chi connectivity index (χ0) is 12.4. The molecule has 1 rings (SSSR count). The van der Waals surface area contributed by atoms with Crippen LogP contribution < -0.4 is 9.44 Å². The quantitative estimate of drug-likeness (QED) is 0.658. The van der Waals surface area contributed by atoms with E-state index < -0.39 is 21.7 Å². The van der Waals surface area contributed by atoms with Crippen molar-refractivity contribution in [1.29, 1.82) is 0 Å². The van der Waals surface area contributed by atoms with Gasteiger partial charge in [-0.2, -0.15) is 13.1 Å². The molecule has 0 amide bonds. The summed E-state index contributed by atoms with van der Waals surface area (Å²) in [6.07, 6.45) is 2.73. The molecule has 1 fully saturated rings. The van der Waals surface area contributed by atoms with Crippen molar-refractivity contribution in [3.8, 4) is 0 Å². The maximum Gasteiger partial charge on any atom is 0.325 e. The summed E-state index contributed by atoms with van der Waals surface area (Å²) in [5.41, 5.74) is -1.36. The van der Waals surface area contributed by atoms with Crippen molar-refractivity contribution in [1.82, 2.24) is 9.44 Å². The maximum absolute atomic E-state index is 11.4. The van der Waals surface area contributed by atoms with E-state index in [1.165, 1.54) is 7.05 Å². The highest BCUT2D eigenvalue weighted by Crippen LogP contribution is 2.34. The maximum atomic E-state index is 11.4. The molecule has 7 heteroatoms. The smallest absolute Gasteiger partial charge is 0.325 e. The molecule has 0 bridgehead atoms. The van der Waals surface area contributed by atoms with Crippen molar-refractivity contribution < 1.29 is 18.3 Å². The first-order chi connectivity index (χ1) is 7.34. The summed E-state index contributed by atoms with van der Waals surface area (Å²) in [4.78, 5) is 11.3. The van der Waals surface area contributed by atoms with Crippen LogP contribution in [0.5, 0.6) is 0 Å². The molecule has 0 aliphatic heterocycles. The monoisotopic (exact) mass is 250 g/mol. The van der Waals surface area contributed by atoms with E-state index in [1.807, 2.05) is 0 Å². The molecule has 0 aromatic heterocycles. The molecule has 0 aromatic carbocycles. The van der Waals surface area contributed by atoms with E-state index >= 15 is 0 Å². The molecule has 2 atom stereocenters. The molecule has 2 unspecified atom stereocenters. The van der Waals surface area contributed by atoms with Gasteiger partial charge in [-0.3, -0.25) is 4.79 Å². The summed E-state index contributed by atoms with van der Waals surface area (Å²) < 4.78 is 27.2. The highest BCUT2D eigenvalue weighted by Gasteiger charge is 2.47. The first-order valence-corrected chi connectivity index (χ1v) is 6.78. The minimum absolute atomic E-state index is 0.207. The van der Waals surface area contributed by atoms with Crippen molar-refractivity contribution >= 4 is 16.2 Å². The van der Waals surface area contributed by atoms with Gasteiger partial charge in [0.25, 0.3) is 10.2 Å². The first-order valence-electron chi connectivity index (χ1n) is 5.30. The third-order valence-corrected chi connectivity index (χ3v) is 4.44. The van der Waals surface area contributed by atoms with E-state index in [-0.39, 0.29) is 5.92 Å². The number of carboxylic acid groups (broad SMARTS) is 1. The summed E-state index contributed by atoms with van der Waals surface area (Å²) in [5, 5.41) is 9.26. The third kappa shape index (κ3) is 2.53. The Bertz CT molecular complexity index is 368. The minimum Gasteiger partial charge on any atom is -0.480 e. The molecular weight excluding hydrogens is 232 g/mol. The van der Waals surface area contributed by atoms with Crippen LogP contribution in [0.3, 0.4) is 0 Å². The number of hydrogen-bond donors (Lipinski definition) is 3. The van der Waals surface area contributed by atoms with E-state index in [1.54, 1.807) is 6.92 Å². The van der Waals surface area contributed by atoms with Gasteiger partial charge in [0.15, 0.2) is 0 Å². The highest BCUT2D eigenvalue weighted by atomic mass is 32.2. The van der Waals surface area contributed by atoms with Crippen LogP contribution in [0.2, 0.25) is 0 Å². The second-order valence-electron chi connectivity index (χ2n) is 4.23. The lowest BCUT2D eigenvalue weighted by molar-refractivity contribution is -0.147. The molecule has 6 nitrogen and oxygen atoms in total. The lowest BCUT2D eigenvalue weighted by atomic mass is 9.74. The summed E-state index contributed by atoms with van der Waals surface area (Å²) >= 11 is 0. The van der Waals surface area contributed by atoms with Crippen LogP contribution in [0.1, 0.15) is 32.6 Å². The van der Waals surface area contributed by atoms with Gasteiger partial charge in [-0.05, 0) is 18.8 Å². The molecule has 3 N–H and O–H groups in total. The normalized spacial score (nSPS) is 31.2. The molecule has 0 saturated heterocycles. The Morgan fingerprint density at radius 3 is 2.50 bits per heavy atom. The molecule has 1 aliphatic rings. The van der Waals surface area contributed by atoms with E-state index in [0.29, 0.717) is 6.42 Å². The van der Waals surface area contributed by atoms with Crippen molar-refractivity contribution in [2.24, 2.45) is 5.92 Å². The Balaban J connectivity index is 3.01. The van der Waals surface area contributed by atoms with Gasteiger partial charge in [0.2, 0.25) is 0 Å². The summed E-state index contributed by atoms with van der Waals surface area (Å²) in [6, 6.07) is 0. The van der Waals surface area contributed by atoms with Gasteiger partial charge >= 0.3 is 5.97 Å². The second-order valence-corrected chi connectivity index (χ2v) is 5.85. The fraction of sp³-hybridized carbons (Fsp3) is 0.889. The van der Waals surface area contributed by atoms with Crippen LogP contribution >= 0.6 is 0 Å². The Hall–Kier alpha value is -0.660. The molecule has 16 heavy (non-hydrogen) atoms. The topological polar surface area (TPSA) is 95.5 Å². The predicted octanol–water partition coefficient (Wildman–Crippen LogP) is 0.0737.